The highest BCUT2D eigenvalue weighted by Crippen LogP contribution is 2.23. The molecule has 2 amide bonds. The van der Waals surface area contributed by atoms with Gasteiger partial charge in [-0.2, -0.15) is 0 Å². The fourth-order valence-electron chi connectivity index (χ4n) is 3.11. The fourth-order valence-corrected chi connectivity index (χ4v) is 4.26. The second-order valence-electron chi connectivity index (χ2n) is 6.09. The monoisotopic (exact) mass is 349 g/mol. The summed E-state index contributed by atoms with van der Waals surface area (Å²) >= 11 is 1.61. The predicted molar refractivity (Wildman–Crippen MR) is 92.2 cm³/mol. The smallest absolute Gasteiger partial charge is 0.250 e. The van der Waals surface area contributed by atoms with Crippen molar-refractivity contribution in [3.05, 3.63) is 23.3 Å². The van der Waals surface area contributed by atoms with Crippen LogP contribution in [0.1, 0.15) is 38.3 Å². The van der Waals surface area contributed by atoms with Crippen LogP contribution < -0.4 is 5.32 Å². The first kappa shape index (κ1) is 17.0. The first-order valence-electron chi connectivity index (χ1n) is 8.36. The Bertz CT molecular complexity index is 669. The molecule has 1 aromatic rings. The van der Waals surface area contributed by atoms with Gasteiger partial charge in [0.1, 0.15) is 11.9 Å². The van der Waals surface area contributed by atoms with Crippen LogP contribution >= 0.6 is 11.8 Å². The van der Waals surface area contributed by atoms with E-state index in [-0.39, 0.29) is 11.8 Å². The van der Waals surface area contributed by atoms with Gasteiger partial charge in [0.2, 0.25) is 5.91 Å². The van der Waals surface area contributed by atoms with Crippen LogP contribution in [0.2, 0.25) is 0 Å². The minimum atomic E-state index is -0.413. The molecule has 1 saturated heterocycles. The molecule has 0 saturated carbocycles. The molecule has 24 heavy (non-hydrogen) atoms. The molecule has 0 spiro atoms. The first-order valence-corrected chi connectivity index (χ1v) is 9.51. The molecule has 0 aromatic carbocycles. The molecule has 3 rings (SSSR count). The van der Waals surface area contributed by atoms with E-state index < -0.39 is 6.04 Å². The highest BCUT2D eigenvalue weighted by atomic mass is 32.2. The van der Waals surface area contributed by atoms with Gasteiger partial charge in [0.05, 0.1) is 12.4 Å². The number of hydrogen-bond acceptors (Lipinski definition) is 5. The lowest BCUT2D eigenvalue weighted by molar-refractivity contribution is -0.135. The summed E-state index contributed by atoms with van der Waals surface area (Å²) in [6, 6.07) is -0.413. The summed E-state index contributed by atoms with van der Waals surface area (Å²) in [7, 11) is 0. The number of thioether (sulfide) groups is 1. The molecule has 2 aliphatic heterocycles. The average molecular weight is 349 g/mol. The Morgan fingerprint density at radius 2 is 2.25 bits per heavy atom. The van der Waals surface area contributed by atoms with E-state index in [9.17, 15) is 9.59 Å². The van der Waals surface area contributed by atoms with E-state index in [0.717, 1.165) is 37.5 Å². The molecule has 1 fully saturated rings. The third-order valence-corrected chi connectivity index (χ3v) is 5.41. The summed E-state index contributed by atoms with van der Waals surface area (Å²) in [4.78, 5) is 26.7. The molecule has 0 bridgehead atoms. The van der Waals surface area contributed by atoms with Gasteiger partial charge in [-0.1, -0.05) is 13.0 Å². The Hall–Kier alpha value is -1.83. The summed E-state index contributed by atoms with van der Waals surface area (Å²) in [5.74, 6) is 2.81. The normalized spacial score (nSPS) is 20.3. The summed E-state index contributed by atoms with van der Waals surface area (Å²) in [5.41, 5.74) is 0.702. The van der Waals surface area contributed by atoms with Crippen LogP contribution in [0.4, 0.5) is 0 Å². The maximum Gasteiger partial charge on any atom is 0.250 e. The average Bonchev–Trinajstić information content (AvgIpc) is 3.28. The molecule has 0 aliphatic carbocycles. The second kappa shape index (κ2) is 7.38. The molecule has 7 nitrogen and oxygen atoms in total. The van der Waals surface area contributed by atoms with Gasteiger partial charge in [0.15, 0.2) is 5.82 Å². The van der Waals surface area contributed by atoms with E-state index in [1.165, 1.54) is 0 Å². The first-order chi connectivity index (χ1) is 11.6. The van der Waals surface area contributed by atoms with Gasteiger partial charge < -0.3 is 14.8 Å². The Kier molecular flexibility index (Phi) is 5.23. The van der Waals surface area contributed by atoms with Crippen molar-refractivity contribution in [3.63, 3.8) is 0 Å². The van der Waals surface area contributed by atoms with Crippen molar-refractivity contribution in [1.82, 2.24) is 25.0 Å². The molecule has 1 aromatic heterocycles. The molecule has 130 valence electrons. The van der Waals surface area contributed by atoms with Crippen molar-refractivity contribution < 1.29 is 9.59 Å². The number of hydrogen-bond donors (Lipinski definition) is 1. The van der Waals surface area contributed by atoms with E-state index >= 15 is 0 Å². The van der Waals surface area contributed by atoms with Crippen LogP contribution in [0, 0.1) is 0 Å². The number of carbonyl (C=O) groups is 2. The highest BCUT2D eigenvalue weighted by Gasteiger charge is 2.35. The van der Waals surface area contributed by atoms with E-state index in [1.807, 2.05) is 19.9 Å². The maximum atomic E-state index is 12.5. The van der Waals surface area contributed by atoms with Crippen molar-refractivity contribution in [2.24, 2.45) is 0 Å². The number of nitrogens with zero attached hydrogens (tertiary/aromatic N) is 4. The lowest BCUT2D eigenvalue weighted by Gasteiger charge is -2.23. The molecule has 1 atom stereocenters. The summed E-state index contributed by atoms with van der Waals surface area (Å²) in [5, 5.41) is 11.2. The third kappa shape index (κ3) is 3.33. The van der Waals surface area contributed by atoms with Gasteiger partial charge in [0, 0.05) is 24.3 Å². The summed E-state index contributed by atoms with van der Waals surface area (Å²) < 4.78 is 2.07. The Labute approximate surface area is 145 Å². The van der Waals surface area contributed by atoms with Crippen LogP contribution in [0.5, 0.6) is 0 Å². The molecule has 0 unspecified atom stereocenters. The van der Waals surface area contributed by atoms with Gasteiger partial charge >= 0.3 is 0 Å². The predicted octanol–water partition coefficient (Wildman–Crippen LogP) is 1.10. The zero-order chi connectivity index (χ0) is 17.1. The number of amides is 2. The Morgan fingerprint density at radius 3 is 3.04 bits per heavy atom. The topological polar surface area (TPSA) is 80.1 Å². The number of aromatic nitrogens is 3. The maximum absolute atomic E-state index is 12.5. The van der Waals surface area contributed by atoms with Crippen LogP contribution in [0.25, 0.3) is 0 Å². The molecular weight excluding hydrogens is 326 g/mol. The van der Waals surface area contributed by atoms with E-state index in [0.29, 0.717) is 23.7 Å². The summed E-state index contributed by atoms with van der Waals surface area (Å²) in [6.45, 7) is 5.08. The number of aryl methyl sites for hydroxylation is 1. The molecule has 3 heterocycles. The van der Waals surface area contributed by atoms with Gasteiger partial charge in [-0.15, -0.1) is 22.0 Å². The number of allylic oxidation sites excluding steroid dienone is 1. The number of carbonyl (C=O) groups excluding carboxylic acids is 2. The summed E-state index contributed by atoms with van der Waals surface area (Å²) in [6.07, 6.45) is 4.75. The van der Waals surface area contributed by atoms with E-state index in [4.69, 9.17) is 0 Å². The van der Waals surface area contributed by atoms with Crippen LogP contribution in [0.3, 0.4) is 0 Å². The van der Waals surface area contributed by atoms with Gasteiger partial charge in [0.25, 0.3) is 5.91 Å². The Morgan fingerprint density at radius 1 is 1.42 bits per heavy atom. The molecule has 8 heteroatoms. The van der Waals surface area contributed by atoms with E-state index in [1.54, 1.807) is 16.7 Å². The van der Waals surface area contributed by atoms with E-state index in [2.05, 4.69) is 20.1 Å². The minimum Gasteiger partial charge on any atom is -0.347 e. The van der Waals surface area contributed by atoms with Crippen LogP contribution in [-0.2, 0) is 29.1 Å². The van der Waals surface area contributed by atoms with Crippen LogP contribution in [0.15, 0.2) is 11.6 Å². The second-order valence-corrected chi connectivity index (χ2v) is 7.09. The quantitative estimate of drug-likeness (QED) is 0.805. The lowest BCUT2D eigenvalue weighted by atomic mass is 10.2. The Balaban J connectivity index is 1.61. The third-order valence-electron chi connectivity index (χ3n) is 4.40. The molecule has 2 aliphatic rings. The lowest BCUT2D eigenvalue weighted by Crippen LogP contribution is -2.47. The minimum absolute atomic E-state index is 0.0506. The van der Waals surface area contributed by atoms with Crippen molar-refractivity contribution >= 4 is 23.6 Å². The highest BCUT2D eigenvalue weighted by molar-refractivity contribution is 7.99. The molecular formula is C16H23N5O2S. The van der Waals surface area contributed by atoms with Crippen LogP contribution in [-0.4, -0.2) is 49.2 Å². The van der Waals surface area contributed by atoms with Crippen molar-refractivity contribution in [3.8, 4) is 0 Å². The number of rotatable bonds is 5. The molecule has 1 N–H and O–H groups in total. The van der Waals surface area contributed by atoms with Crippen molar-refractivity contribution in [2.75, 3.05) is 11.6 Å². The van der Waals surface area contributed by atoms with Gasteiger partial charge in [-0.05, 0) is 19.8 Å². The SMILES string of the molecule is CC/C=C(/C)C(=O)N1CSC[C@H]1C(=O)NCc1nnc2n1CCC2. The van der Waals surface area contributed by atoms with Crippen molar-refractivity contribution in [1.29, 1.82) is 0 Å². The largest absolute Gasteiger partial charge is 0.347 e. The fraction of sp³-hybridized carbons (Fsp3) is 0.625. The van der Waals surface area contributed by atoms with Gasteiger partial charge in [-0.3, -0.25) is 9.59 Å². The zero-order valence-electron chi connectivity index (χ0n) is 14.1. The standard InChI is InChI=1S/C16H23N5O2S/c1-3-5-11(2)16(23)21-10-24-9-12(21)15(22)17-8-14-19-18-13-6-4-7-20(13)14/h5,12H,3-4,6-10H2,1-2H3,(H,17,22)/b11-5-/t12-/m0/s1. The number of fused-ring (bicyclic) bond motifs is 1. The zero-order valence-corrected chi connectivity index (χ0v) is 14.9. The molecule has 0 radical (unpaired) electrons. The number of nitrogens with one attached hydrogen (secondary N) is 1. The van der Waals surface area contributed by atoms with Crippen molar-refractivity contribution in [2.45, 2.75) is 52.2 Å². The van der Waals surface area contributed by atoms with Gasteiger partial charge in [-0.25, -0.2) is 0 Å².